The third kappa shape index (κ3) is 2.23. The second-order valence-electron chi connectivity index (χ2n) is 3.84. The van der Waals surface area contributed by atoms with Crippen molar-refractivity contribution in [1.82, 2.24) is 0 Å². The highest BCUT2D eigenvalue weighted by Gasteiger charge is 2.26. The number of aromatic hydroxyl groups is 1. The smallest absolute Gasteiger partial charge is 0.293 e. The van der Waals surface area contributed by atoms with Crippen molar-refractivity contribution < 1.29 is 14.8 Å². The topological polar surface area (TPSA) is 106 Å². The van der Waals surface area contributed by atoms with Crippen LogP contribution in [-0.2, 0) is 0 Å². The third-order valence-electron chi connectivity index (χ3n) is 2.67. The standard InChI is InChI=1S/C13H10N2O4/c14-13(17)9-6-7-10(16)11(12(9)15(18)19)8-4-2-1-3-5-8/h1-7,16H,(H2,14,17). The van der Waals surface area contributed by atoms with Crippen LogP contribution in [-0.4, -0.2) is 15.9 Å². The van der Waals surface area contributed by atoms with Gasteiger partial charge in [-0.2, -0.15) is 0 Å². The summed E-state index contributed by atoms with van der Waals surface area (Å²) in [4.78, 5) is 21.7. The predicted molar refractivity (Wildman–Crippen MR) is 68.7 cm³/mol. The molecule has 0 spiro atoms. The van der Waals surface area contributed by atoms with Crippen molar-refractivity contribution in [2.75, 3.05) is 0 Å². The maximum atomic E-state index is 11.3. The van der Waals surface area contributed by atoms with E-state index in [0.29, 0.717) is 5.56 Å². The Morgan fingerprint density at radius 2 is 1.79 bits per heavy atom. The highest BCUT2D eigenvalue weighted by atomic mass is 16.6. The van der Waals surface area contributed by atoms with E-state index in [1.807, 2.05) is 0 Å². The van der Waals surface area contributed by atoms with Gasteiger partial charge < -0.3 is 10.8 Å². The number of rotatable bonds is 3. The molecule has 0 radical (unpaired) electrons. The number of nitrogens with zero attached hydrogens (tertiary/aromatic N) is 1. The molecule has 2 aromatic rings. The van der Waals surface area contributed by atoms with Gasteiger partial charge in [0.1, 0.15) is 16.9 Å². The van der Waals surface area contributed by atoms with E-state index in [-0.39, 0.29) is 16.9 Å². The van der Waals surface area contributed by atoms with E-state index in [2.05, 4.69) is 0 Å². The number of primary amides is 1. The molecule has 6 heteroatoms. The van der Waals surface area contributed by atoms with Crippen molar-refractivity contribution in [3.05, 3.63) is 58.1 Å². The molecule has 0 aliphatic rings. The lowest BCUT2D eigenvalue weighted by atomic mass is 9.99. The Hall–Kier alpha value is -2.89. The highest BCUT2D eigenvalue weighted by molar-refractivity contribution is 6.01. The van der Waals surface area contributed by atoms with Gasteiger partial charge in [0.05, 0.1) is 4.92 Å². The fourth-order valence-electron chi connectivity index (χ4n) is 1.86. The molecule has 6 nitrogen and oxygen atoms in total. The van der Waals surface area contributed by atoms with Gasteiger partial charge in [0.15, 0.2) is 0 Å². The van der Waals surface area contributed by atoms with Crippen molar-refractivity contribution in [3.8, 4) is 16.9 Å². The quantitative estimate of drug-likeness (QED) is 0.649. The Bertz CT molecular complexity index is 653. The van der Waals surface area contributed by atoms with Gasteiger partial charge in [0, 0.05) is 0 Å². The third-order valence-corrected chi connectivity index (χ3v) is 2.67. The number of phenols is 1. The van der Waals surface area contributed by atoms with Crippen LogP contribution in [0.4, 0.5) is 5.69 Å². The SMILES string of the molecule is NC(=O)c1ccc(O)c(-c2ccccc2)c1[N+](=O)[O-]. The second-order valence-corrected chi connectivity index (χ2v) is 3.84. The minimum atomic E-state index is -0.913. The number of benzene rings is 2. The number of amides is 1. The van der Waals surface area contributed by atoms with Crippen molar-refractivity contribution in [2.24, 2.45) is 5.73 Å². The molecule has 0 fully saturated rings. The molecular weight excluding hydrogens is 248 g/mol. The van der Waals surface area contributed by atoms with E-state index in [1.165, 1.54) is 6.07 Å². The molecule has 0 unspecified atom stereocenters. The Kier molecular flexibility index (Phi) is 3.15. The Morgan fingerprint density at radius 1 is 1.16 bits per heavy atom. The van der Waals surface area contributed by atoms with Gasteiger partial charge >= 0.3 is 0 Å². The molecule has 96 valence electrons. The van der Waals surface area contributed by atoms with E-state index in [9.17, 15) is 20.0 Å². The van der Waals surface area contributed by atoms with Crippen LogP contribution in [0.25, 0.3) is 11.1 Å². The Balaban J connectivity index is 2.82. The lowest BCUT2D eigenvalue weighted by Gasteiger charge is -2.08. The van der Waals surface area contributed by atoms with Crippen LogP contribution in [0.3, 0.4) is 0 Å². The van der Waals surface area contributed by atoms with Gasteiger partial charge in [-0.05, 0) is 17.7 Å². The zero-order valence-electron chi connectivity index (χ0n) is 9.74. The fraction of sp³-hybridized carbons (Fsp3) is 0. The number of carbonyl (C=O) groups excluding carboxylic acids is 1. The van der Waals surface area contributed by atoms with Crippen LogP contribution >= 0.6 is 0 Å². The molecule has 0 atom stereocenters. The van der Waals surface area contributed by atoms with Crippen LogP contribution in [0, 0.1) is 10.1 Å². The minimum absolute atomic E-state index is 0.0121. The van der Waals surface area contributed by atoms with Gasteiger partial charge in [-0.25, -0.2) is 0 Å². The minimum Gasteiger partial charge on any atom is -0.507 e. The number of nitrogens with two attached hydrogens (primary N) is 1. The van der Waals surface area contributed by atoms with E-state index >= 15 is 0 Å². The Labute approximate surface area is 108 Å². The van der Waals surface area contributed by atoms with Crippen LogP contribution in [0.15, 0.2) is 42.5 Å². The summed E-state index contributed by atoms with van der Waals surface area (Å²) in [6, 6.07) is 10.7. The summed E-state index contributed by atoms with van der Waals surface area (Å²) < 4.78 is 0. The van der Waals surface area contributed by atoms with E-state index in [1.54, 1.807) is 30.3 Å². The maximum absolute atomic E-state index is 11.3. The summed E-state index contributed by atoms with van der Waals surface area (Å²) in [7, 11) is 0. The van der Waals surface area contributed by atoms with Gasteiger partial charge in [-0.1, -0.05) is 30.3 Å². The molecule has 0 saturated heterocycles. The molecule has 0 heterocycles. The molecule has 1 amide bonds. The lowest BCUT2D eigenvalue weighted by molar-refractivity contribution is -0.384. The van der Waals surface area contributed by atoms with Crippen molar-refractivity contribution in [3.63, 3.8) is 0 Å². The van der Waals surface area contributed by atoms with Gasteiger partial charge in [-0.3, -0.25) is 14.9 Å². The average Bonchev–Trinajstić information content (AvgIpc) is 2.38. The van der Waals surface area contributed by atoms with Gasteiger partial charge in [0.25, 0.3) is 11.6 Å². The zero-order chi connectivity index (χ0) is 14.0. The Morgan fingerprint density at radius 3 is 2.32 bits per heavy atom. The molecule has 0 bridgehead atoms. The van der Waals surface area contributed by atoms with E-state index in [4.69, 9.17) is 5.73 Å². The van der Waals surface area contributed by atoms with Crippen LogP contribution in [0.2, 0.25) is 0 Å². The molecule has 0 aliphatic carbocycles. The van der Waals surface area contributed by atoms with Crippen LogP contribution < -0.4 is 5.73 Å². The summed E-state index contributed by atoms with van der Waals surface area (Å²) in [6.07, 6.45) is 0. The van der Waals surface area contributed by atoms with Gasteiger partial charge in [-0.15, -0.1) is 0 Å². The summed E-state index contributed by atoms with van der Waals surface area (Å²) in [5, 5.41) is 21.0. The van der Waals surface area contributed by atoms with Crippen LogP contribution in [0.1, 0.15) is 10.4 Å². The normalized spacial score (nSPS) is 10.1. The van der Waals surface area contributed by atoms with Crippen molar-refractivity contribution in [2.45, 2.75) is 0 Å². The number of carbonyl (C=O) groups is 1. The maximum Gasteiger partial charge on any atom is 0.293 e. The molecule has 0 saturated carbocycles. The lowest BCUT2D eigenvalue weighted by Crippen LogP contribution is -2.14. The second kappa shape index (κ2) is 4.77. The van der Waals surface area contributed by atoms with Crippen LogP contribution in [0.5, 0.6) is 5.75 Å². The summed E-state index contributed by atoms with van der Waals surface area (Å²) in [5.74, 6) is -1.19. The molecule has 0 aromatic heterocycles. The first-order valence-electron chi connectivity index (χ1n) is 5.38. The van der Waals surface area contributed by atoms with Crippen molar-refractivity contribution in [1.29, 1.82) is 0 Å². The molecule has 19 heavy (non-hydrogen) atoms. The zero-order valence-corrected chi connectivity index (χ0v) is 9.74. The first kappa shape index (κ1) is 12.6. The number of phenolic OH excluding ortho intramolecular Hbond substituents is 1. The summed E-state index contributed by atoms with van der Waals surface area (Å²) in [5.41, 5.74) is 4.83. The van der Waals surface area contributed by atoms with Crippen molar-refractivity contribution >= 4 is 11.6 Å². The average molecular weight is 258 g/mol. The number of nitro groups is 1. The predicted octanol–water partition coefficient (Wildman–Crippen LogP) is 2.07. The monoisotopic (exact) mass is 258 g/mol. The summed E-state index contributed by atoms with van der Waals surface area (Å²) in [6.45, 7) is 0. The van der Waals surface area contributed by atoms with E-state index in [0.717, 1.165) is 6.07 Å². The molecular formula is C13H10N2O4. The number of hydrogen-bond acceptors (Lipinski definition) is 4. The highest BCUT2D eigenvalue weighted by Crippen LogP contribution is 2.39. The molecule has 2 rings (SSSR count). The summed E-state index contributed by atoms with van der Waals surface area (Å²) >= 11 is 0. The first-order valence-corrected chi connectivity index (χ1v) is 5.38. The molecule has 0 aliphatic heterocycles. The number of nitro benzene ring substituents is 1. The largest absolute Gasteiger partial charge is 0.507 e. The van der Waals surface area contributed by atoms with E-state index < -0.39 is 16.5 Å². The number of hydrogen-bond donors (Lipinski definition) is 2. The molecule has 2 aromatic carbocycles. The fourth-order valence-corrected chi connectivity index (χ4v) is 1.86. The first-order chi connectivity index (χ1) is 9.02. The van der Waals surface area contributed by atoms with Gasteiger partial charge in [0.2, 0.25) is 0 Å². The molecule has 3 N–H and O–H groups in total.